The number of hydrogen-bond acceptors (Lipinski definition) is 3. The summed E-state index contributed by atoms with van der Waals surface area (Å²) in [5, 5.41) is 0. The number of rotatable bonds is 3. The first-order valence-electron chi connectivity index (χ1n) is 4.55. The van der Waals surface area contributed by atoms with Gasteiger partial charge in [0.05, 0.1) is 18.7 Å². The summed E-state index contributed by atoms with van der Waals surface area (Å²) in [5.41, 5.74) is -2.15. The minimum Gasteiger partial charge on any atom is -0.496 e. The lowest BCUT2D eigenvalue weighted by atomic mass is 10.1. The third-order valence-electron chi connectivity index (χ3n) is 1.88. The summed E-state index contributed by atoms with van der Waals surface area (Å²) < 4.78 is 81.9. The fourth-order valence-electron chi connectivity index (χ4n) is 1.28. The van der Waals surface area contributed by atoms with E-state index in [2.05, 4.69) is 14.5 Å². The van der Waals surface area contributed by atoms with Crippen LogP contribution >= 0.6 is 11.6 Å². The van der Waals surface area contributed by atoms with Gasteiger partial charge in [-0.05, 0) is 0 Å². The molecule has 0 atom stereocenters. The van der Waals surface area contributed by atoms with Crippen LogP contribution in [0.4, 0.5) is 26.3 Å². The van der Waals surface area contributed by atoms with Crippen molar-refractivity contribution in [1.82, 2.24) is 4.98 Å². The van der Waals surface area contributed by atoms with Crippen molar-refractivity contribution in [1.29, 1.82) is 0 Å². The Bertz CT molecular complexity index is 434. The molecule has 19 heavy (non-hydrogen) atoms. The fourth-order valence-corrected chi connectivity index (χ4v) is 1.47. The molecule has 3 nitrogen and oxygen atoms in total. The maximum absolute atomic E-state index is 12.7. The zero-order valence-corrected chi connectivity index (χ0v) is 9.95. The number of methoxy groups -OCH3 is 1. The topological polar surface area (TPSA) is 31.4 Å². The number of halogens is 7. The highest BCUT2D eigenvalue weighted by molar-refractivity contribution is 6.17. The van der Waals surface area contributed by atoms with Gasteiger partial charge in [0.25, 0.3) is 0 Å². The maximum Gasteiger partial charge on any atom is 0.574 e. The van der Waals surface area contributed by atoms with Crippen LogP contribution in [-0.4, -0.2) is 18.5 Å². The molecule has 10 heteroatoms. The highest BCUT2D eigenvalue weighted by Gasteiger charge is 2.39. The number of ether oxygens (including phenoxy) is 2. The summed E-state index contributed by atoms with van der Waals surface area (Å²) in [6.07, 6.45) is -9.94. The Labute approximate surface area is 108 Å². The molecule has 108 valence electrons. The summed E-state index contributed by atoms with van der Waals surface area (Å²) >= 11 is 5.26. The molecule has 0 unspecified atom stereocenters. The quantitative estimate of drug-likeness (QED) is 0.629. The van der Waals surface area contributed by atoms with Gasteiger partial charge in [0.15, 0.2) is 0 Å². The molecule has 0 fully saturated rings. The molecular formula is C9H6ClF6NO2. The first-order chi connectivity index (χ1) is 8.58. The van der Waals surface area contributed by atoms with Crippen LogP contribution in [0.25, 0.3) is 0 Å². The second-order valence-corrected chi connectivity index (χ2v) is 3.43. The van der Waals surface area contributed by atoms with Crippen molar-refractivity contribution in [3.8, 4) is 11.6 Å². The fraction of sp³-hybridized carbons (Fsp3) is 0.444. The van der Waals surface area contributed by atoms with E-state index in [4.69, 9.17) is 11.6 Å². The van der Waals surface area contributed by atoms with Gasteiger partial charge in [-0.15, -0.1) is 24.8 Å². The highest BCUT2D eigenvalue weighted by atomic mass is 35.5. The van der Waals surface area contributed by atoms with Gasteiger partial charge in [0, 0.05) is 6.07 Å². The highest BCUT2D eigenvalue weighted by Crippen LogP contribution is 2.40. The Hall–Kier alpha value is -1.38. The van der Waals surface area contributed by atoms with Crippen LogP contribution in [0.3, 0.4) is 0 Å². The first-order valence-corrected chi connectivity index (χ1v) is 5.08. The largest absolute Gasteiger partial charge is 0.574 e. The Morgan fingerprint density at radius 2 is 1.79 bits per heavy atom. The first kappa shape index (κ1) is 15.7. The number of alkyl halides is 7. The summed E-state index contributed by atoms with van der Waals surface area (Å²) in [5.74, 6) is -2.68. The summed E-state index contributed by atoms with van der Waals surface area (Å²) in [6, 6.07) is 0.395. The van der Waals surface area contributed by atoms with Gasteiger partial charge in [0.2, 0.25) is 5.88 Å². The van der Waals surface area contributed by atoms with E-state index in [0.717, 1.165) is 7.11 Å². The average molecular weight is 310 g/mol. The molecule has 1 aromatic heterocycles. The van der Waals surface area contributed by atoms with Crippen molar-refractivity contribution >= 4 is 11.6 Å². The number of pyridine rings is 1. The van der Waals surface area contributed by atoms with Crippen molar-refractivity contribution in [3.63, 3.8) is 0 Å². The predicted octanol–water partition coefficient (Wildman–Crippen LogP) is 3.75. The van der Waals surface area contributed by atoms with Crippen molar-refractivity contribution < 1.29 is 35.8 Å². The van der Waals surface area contributed by atoms with Gasteiger partial charge >= 0.3 is 12.5 Å². The Morgan fingerprint density at radius 3 is 2.16 bits per heavy atom. The third-order valence-corrected chi connectivity index (χ3v) is 2.14. The van der Waals surface area contributed by atoms with Gasteiger partial charge in [-0.3, -0.25) is 0 Å². The van der Waals surface area contributed by atoms with Crippen LogP contribution in [0.15, 0.2) is 6.07 Å². The van der Waals surface area contributed by atoms with Crippen molar-refractivity contribution in [2.45, 2.75) is 18.4 Å². The van der Waals surface area contributed by atoms with Gasteiger partial charge in [-0.1, -0.05) is 0 Å². The Morgan fingerprint density at radius 1 is 1.21 bits per heavy atom. The lowest BCUT2D eigenvalue weighted by molar-refractivity contribution is -0.276. The molecule has 0 aromatic carbocycles. The summed E-state index contributed by atoms with van der Waals surface area (Å²) in [6.45, 7) is 0. The van der Waals surface area contributed by atoms with Crippen LogP contribution in [0, 0.1) is 0 Å². The van der Waals surface area contributed by atoms with E-state index in [9.17, 15) is 26.3 Å². The van der Waals surface area contributed by atoms with Crippen LogP contribution in [0.1, 0.15) is 11.3 Å². The average Bonchev–Trinajstić information content (AvgIpc) is 2.23. The summed E-state index contributed by atoms with van der Waals surface area (Å²) in [4.78, 5) is 3.08. The van der Waals surface area contributed by atoms with Crippen LogP contribution in [0.5, 0.6) is 11.6 Å². The van der Waals surface area contributed by atoms with Crippen molar-refractivity contribution in [3.05, 3.63) is 17.3 Å². The Kier molecular flexibility index (Phi) is 4.39. The SMILES string of the molecule is COc1cc(OC(F)(F)F)nc(CCl)c1C(F)(F)F. The zero-order valence-electron chi connectivity index (χ0n) is 9.19. The van der Waals surface area contributed by atoms with Crippen LogP contribution in [-0.2, 0) is 12.1 Å². The zero-order chi connectivity index (χ0) is 14.8. The van der Waals surface area contributed by atoms with E-state index in [1.54, 1.807) is 0 Å². The summed E-state index contributed by atoms with van der Waals surface area (Å²) in [7, 11) is 0.875. The number of hydrogen-bond donors (Lipinski definition) is 0. The molecule has 0 radical (unpaired) electrons. The number of aromatic nitrogens is 1. The normalized spacial score (nSPS) is 12.4. The van der Waals surface area contributed by atoms with E-state index in [1.165, 1.54) is 0 Å². The smallest absolute Gasteiger partial charge is 0.496 e. The maximum atomic E-state index is 12.7. The molecule has 1 rings (SSSR count). The molecule has 1 heterocycles. The molecule has 0 saturated carbocycles. The van der Waals surface area contributed by atoms with Gasteiger partial charge in [-0.2, -0.15) is 13.2 Å². The molecule has 0 N–H and O–H groups in total. The molecule has 0 aliphatic heterocycles. The van der Waals surface area contributed by atoms with E-state index in [-0.39, 0.29) is 0 Å². The monoisotopic (exact) mass is 309 g/mol. The third kappa shape index (κ3) is 4.05. The van der Waals surface area contributed by atoms with Gasteiger partial charge in [0.1, 0.15) is 11.3 Å². The lowest BCUT2D eigenvalue weighted by Crippen LogP contribution is -2.20. The second-order valence-electron chi connectivity index (χ2n) is 3.16. The minimum atomic E-state index is -5.08. The molecule has 0 spiro atoms. The molecule has 0 amide bonds. The van der Waals surface area contributed by atoms with E-state index in [0.29, 0.717) is 6.07 Å². The van der Waals surface area contributed by atoms with E-state index >= 15 is 0 Å². The van der Waals surface area contributed by atoms with Crippen LogP contribution < -0.4 is 9.47 Å². The molecule has 0 saturated heterocycles. The van der Waals surface area contributed by atoms with Gasteiger partial charge < -0.3 is 9.47 Å². The molecule has 0 aliphatic rings. The molecule has 0 bridgehead atoms. The van der Waals surface area contributed by atoms with Crippen LogP contribution in [0.2, 0.25) is 0 Å². The van der Waals surface area contributed by atoms with Gasteiger partial charge in [-0.25, -0.2) is 4.98 Å². The van der Waals surface area contributed by atoms with Crippen molar-refractivity contribution in [2.75, 3.05) is 7.11 Å². The Balaban J connectivity index is 3.37. The molecular weight excluding hydrogens is 304 g/mol. The van der Waals surface area contributed by atoms with Crippen molar-refractivity contribution in [2.24, 2.45) is 0 Å². The minimum absolute atomic E-state index is 0.395. The van der Waals surface area contributed by atoms with E-state index < -0.39 is 41.3 Å². The lowest BCUT2D eigenvalue weighted by Gasteiger charge is -2.16. The molecule has 1 aromatic rings. The number of nitrogens with zero attached hydrogens (tertiary/aromatic N) is 1. The predicted molar refractivity (Wildman–Crippen MR) is 52.0 cm³/mol. The second kappa shape index (κ2) is 5.32. The molecule has 0 aliphatic carbocycles. The standard InChI is InChI=1S/C9H6ClF6NO2/c1-18-5-2-6(19-9(14,15)16)17-4(3-10)7(5)8(11,12)13/h2H,3H2,1H3. The van der Waals surface area contributed by atoms with E-state index in [1.807, 2.05) is 0 Å².